The highest BCUT2D eigenvalue weighted by molar-refractivity contribution is 8.02. The Bertz CT molecular complexity index is 321. The lowest BCUT2D eigenvalue weighted by Crippen LogP contribution is -1.86. The van der Waals surface area contributed by atoms with Crippen molar-refractivity contribution in [2.45, 2.75) is 12.1 Å². The van der Waals surface area contributed by atoms with Gasteiger partial charge in [-0.05, 0) is 17.9 Å². The Morgan fingerprint density at radius 3 is 2.69 bits per heavy atom. The van der Waals surface area contributed by atoms with Crippen LogP contribution in [0.3, 0.4) is 0 Å². The number of rotatable bonds is 3. The summed E-state index contributed by atoms with van der Waals surface area (Å²) in [7, 11) is 0. The molecular weight excluding hydrogens is 188 g/mol. The van der Waals surface area contributed by atoms with E-state index in [1.165, 1.54) is 17.2 Å². The Morgan fingerprint density at radius 1 is 1.54 bits per heavy atom. The highest BCUT2D eigenvalue weighted by Gasteiger charge is 1.93. The van der Waals surface area contributed by atoms with Crippen molar-refractivity contribution in [3.63, 3.8) is 0 Å². The molecule has 5 heteroatoms. The van der Waals surface area contributed by atoms with Gasteiger partial charge >= 0.3 is 5.97 Å². The van der Waals surface area contributed by atoms with Gasteiger partial charge in [0.15, 0.2) is 5.16 Å². The third-order valence-electron chi connectivity index (χ3n) is 1.14. The van der Waals surface area contributed by atoms with E-state index in [0.717, 1.165) is 11.6 Å². The predicted molar refractivity (Wildman–Crippen MR) is 49.4 cm³/mol. The normalized spacial score (nSPS) is 10.5. The summed E-state index contributed by atoms with van der Waals surface area (Å²) in [6.07, 6.45) is 4.42. The lowest BCUT2D eigenvalue weighted by atomic mass is 10.4. The van der Waals surface area contributed by atoms with Gasteiger partial charge in [0.25, 0.3) is 0 Å². The quantitative estimate of drug-likeness (QED) is 0.450. The van der Waals surface area contributed by atoms with Crippen LogP contribution in [0.15, 0.2) is 29.0 Å². The van der Waals surface area contributed by atoms with Gasteiger partial charge < -0.3 is 5.11 Å². The fraction of sp³-hybridized carbons (Fsp3) is 0.125. The molecule has 0 unspecified atom stereocenters. The van der Waals surface area contributed by atoms with Crippen LogP contribution in [0.4, 0.5) is 0 Å². The summed E-state index contributed by atoms with van der Waals surface area (Å²) >= 11 is 1.17. The second kappa shape index (κ2) is 4.61. The SMILES string of the molecule is Cc1cnc(S/C=C/C(=O)O)nc1. The van der Waals surface area contributed by atoms with Crippen LogP contribution in [0, 0.1) is 6.92 Å². The second-order valence-electron chi connectivity index (χ2n) is 2.30. The second-order valence-corrected chi connectivity index (χ2v) is 3.17. The van der Waals surface area contributed by atoms with Crippen LogP contribution < -0.4 is 0 Å². The van der Waals surface area contributed by atoms with Gasteiger partial charge in [0.2, 0.25) is 0 Å². The molecule has 0 saturated heterocycles. The van der Waals surface area contributed by atoms with Crippen molar-refractivity contribution >= 4 is 17.7 Å². The van der Waals surface area contributed by atoms with Gasteiger partial charge in [0.05, 0.1) is 0 Å². The average Bonchev–Trinajstić information content (AvgIpc) is 2.08. The lowest BCUT2D eigenvalue weighted by molar-refractivity contribution is -0.131. The first-order chi connectivity index (χ1) is 6.18. The number of carboxylic acids is 1. The third-order valence-corrected chi connectivity index (χ3v) is 1.84. The van der Waals surface area contributed by atoms with Crippen molar-refractivity contribution in [3.05, 3.63) is 29.4 Å². The molecule has 0 fully saturated rings. The minimum Gasteiger partial charge on any atom is -0.478 e. The van der Waals surface area contributed by atoms with E-state index in [1.807, 2.05) is 6.92 Å². The monoisotopic (exact) mass is 196 g/mol. The van der Waals surface area contributed by atoms with Gasteiger partial charge in [-0.25, -0.2) is 14.8 Å². The Morgan fingerprint density at radius 2 is 2.15 bits per heavy atom. The molecule has 1 heterocycles. The molecule has 0 aliphatic rings. The first-order valence-corrected chi connectivity index (χ1v) is 4.41. The number of hydrogen-bond donors (Lipinski definition) is 1. The molecule has 0 aromatic carbocycles. The first-order valence-electron chi connectivity index (χ1n) is 3.53. The standard InChI is InChI=1S/C8H8N2O2S/c1-6-4-9-8(10-5-6)13-3-2-7(11)12/h2-5H,1H3,(H,11,12)/b3-2+. The number of aryl methyl sites for hydroxylation is 1. The van der Waals surface area contributed by atoms with E-state index in [1.54, 1.807) is 12.4 Å². The van der Waals surface area contributed by atoms with Gasteiger partial charge in [-0.15, -0.1) is 0 Å². The molecule has 1 aromatic heterocycles. The van der Waals surface area contributed by atoms with E-state index >= 15 is 0 Å². The number of carboxylic acid groups (broad SMARTS) is 1. The highest BCUT2D eigenvalue weighted by Crippen LogP contribution is 2.12. The maximum Gasteiger partial charge on any atom is 0.328 e. The van der Waals surface area contributed by atoms with E-state index < -0.39 is 5.97 Å². The molecule has 0 saturated carbocycles. The molecule has 1 rings (SSSR count). The number of aliphatic carboxylic acids is 1. The minimum atomic E-state index is -0.973. The summed E-state index contributed by atoms with van der Waals surface area (Å²) < 4.78 is 0. The van der Waals surface area contributed by atoms with Gasteiger partial charge in [0, 0.05) is 18.5 Å². The van der Waals surface area contributed by atoms with E-state index in [2.05, 4.69) is 9.97 Å². The molecule has 0 bridgehead atoms. The van der Waals surface area contributed by atoms with Crippen LogP contribution >= 0.6 is 11.8 Å². The van der Waals surface area contributed by atoms with Crippen LogP contribution in [-0.2, 0) is 4.79 Å². The zero-order chi connectivity index (χ0) is 9.68. The van der Waals surface area contributed by atoms with Crippen LogP contribution in [-0.4, -0.2) is 21.0 Å². The van der Waals surface area contributed by atoms with E-state index in [9.17, 15) is 4.79 Å². The number of hydrogen-bond acceptors (Lipinski definition) is 4. The molecule has 13 heavy (non-hydrogen) atoms. The summed E-state index contributed by atoms with van der Waals surface area (Å²) in [6, 6.07) is 0. The maximum atomic E-state index is 10.1. The Hall–Kier alpha value is -1.36. The number of aromatic nitrogens is 2. The molecule has 1 aromatic rings. The van der Waals surface area contributed by atoms with Crippen LogP contribution in [0.25, 0.3) is 0 Å². The summed E-state index contributed by atoms with van der Waals surface area (Å²) in [5.74, 6) is -0.973. The summed E-state index contributed by atoms with van der Waals surface area (Å²) in [6.45, 7) is 1.89. The van der Waals surface area contributed by atoms with E-state index in [4.69, 9.17) is 5.11 Å². The molecule has 0 aliphatic heterocycles. The zero-order valence-electron chi connectivity index (χ0n) is 6.97. The Kier molecular flexibility index (Phi) is 3.45. The fourth-order valence-corrected chi connectivity index (χ4v) is 1.13. The molecule has 0 radical (unpaired) electrons. The summed E-state index contributed by atoms with van der Waals surface area (Å²) in [5.41, 5.74) is 0.978. The molecule has 4 nitrogen and oxygen atoms in total. The minimum absolute atomic E-state index is 0.545. The molecular formula is C8H8N2O2S. The van der Waals surface area contributed by atoms with Gasteiger partial charge in [-0.3, -0.25) is 0 Å². The van der Waals surface area contributed by atoms with Crippen molar-refractivity contribution in [3.8, 4) is 0 Å². The molecule has 0 aliphatic carbocycles. The van der Waals surface area contributed by atoms with Crippen molar-refractivity contribution < 1.29 is 9.90 Å². The lowest BCUT2D eigenvalue weighted by Gasteiger charge is -1.93. The van der Waals surface area contributed by atoms with Gasteiger partial charge in [-0.2, -0.15) is 0 Å². The number of carbonyl (C=O) groups is 1. The molecule has 0 spiro atoms. The van der Waals surface area contributed by atoms with Crippen molar-refractivity contribution in [1.82, 2.24) is 9.97 Å². The zero-order valence-corrected chi connectivity index (χ0v) is 7.78. The van der Waals surface area contributed by atoms with Crippen LogP contribution in [0.2, 0.25) is 0 Å². The Labute approximate surface area is 79.7 Å². The fourth-order valence-electron chi connectivity index (χ4n) is 0.595. The van der Waals surface area contributed by atoms with Crippen molar-refractivity contribution in [2.24, 2.45) is 0 Å². The van der Waals surface area contributed by atoms with E-state index in [-0.39, 0.29) is 0 Å². The maximum absolute atomic E-state index is 10.1. The average molecular weight is 196 g/mol. The molecule has 68 valence electrons. The summed E-state index contributed by atoms with van der Waals surface area (Å²) in [5, 5.41) is 10.3. The largest absolute Gasteiger partial charge is 0.478 e. The Balaban J connectivity index is 2.55. The van der Waals surface area contributed by atoms with Crippen LogP contribution in [0.1, 0.15) is 5.56 Å². The predicted octanol–water partition coefficient (Wildman–Crippen LogP) is 1.48. The number of thioether (sulfide) groups is 1. The third kappa shape index (κ3) is 3.71. The molecule has 0 amide bonds. The van der Waals surface area contributed by atoms with E-state index in [0.29, 0.717) is 5.16 Å². The summed E-state index contributed by atoms with van der Waals surface area (Å²) in [4.78, 5) is 18.1. The topological polar surface area (TPSA) is 63.1 Å². The molecule has 0 atom stereocenters. The first kappa shape index (κ1) is 9.73. The smallest absolute Gasteiger partial charge is 0.328 e. The van der Waals surface area contributed by atoms with Crippen molar-refractivity contribution in [2.75, 3.05) is 0 Å². The number of nitrogens with zero attached hydrogens (tertiary/aromatic N) is 2. The van der Waals surface area contributed by atoms with Crippen molar-refractivity contribution in [1.29, 1.82) is 0 Å². The van der Waals surface area contributed by atoms with Gasteiger partial charge in [0.1, 0.15) is 0 Å². The van der Waals surface area contributed by atoms with Gasteiger partial charge in [-0.1, -0.05) is 11.8 Å². The molecule has 1 N–H and O–H groups in total. The van der Waals surface area contributed by atoms with Crippen LogP contribution in [0.5, 0.6) is 0 Å². The highest BCUT2D eigenvalue weighted by atomic mass is 32.2.